The van der Waals surface area contributed by atoms with Gasteiger partial charge in [0, 0.05) is 18.3 Å². The molecule has 2 rings (SSSR count). The van der Waals surface area contributed by atoms with Gasteiger partial charge in [0.2, 0.25) is 5.88 Å². The minimum atomic E-state index is 0.656. The third-order valence-electron chi connectivity index (χ3n) is 3.20. The third-order valence-corrected chi connectivity index (χ3v) is 3.20. The summed E-state index contributed by atoms with van der Waals surface area (Å²) < 4.78 is 5.83. The minimum absolute atomic E-state index is 0.656. The van der Waals surface area contributed by atoms with Crippen LogP contribution in [0.25, 0.3) is 0 Å². The summed E-state index contributed by atoms with van der Waals surface area (Å²) in [5.41, 5.74) is 3.46. The van der Waals surface area contributed by atoms with Gasteiger partial charge in [-0.2, -0.15) is 0 Å². The number of hydrogen-bond donors (Lipinski definition) is 1. The van der Waals surface area contributed by atoms with Crippen LogP contribution in [0.4, 0.5) is 0 Å². The Morgan fingerprint density at radius 2 is 1.86 bits per heavy atom. The maximum Gasteiger partial charge on any atom is 0.222 e. The molecule has 0 aliphatic heterocycles. The first-order chi connectivity index (χ1) is 10.0. The minimum Gasteiger partial charge on any atom is -0.439 e. The first-order valence-electron chi connectivity index (χ1n) is 7.45. The van der Waals surface area contributed by atoms with E-state index < -0.39 is 0 Å². The molecule has 0 atom stereocenters. The van der Waals surface area contributed by atoms with Gasteiger partial charge < -0.3 is 10.1 Å². The molecule has 0 amide bonds. The van der Waals surface area contributed by atoms with Gasteiger partial charge in [-0.05, 0) is 50.1 Å². The van der Waals surface area contributed by atoms with Crippen molar-refractivity contribution in [2.24, 2.45) is 5.92 Å². The fourth-order valence-electron chi connectivity index (χ4n) is 2.05. The predicted octanol–water partition coefficient (Wildman–Crippen LogP) is 4.24. The zero-order chi connectivity index (χ0) is 15.2. The summed E-state index contributed by atoms with van der Waals surface area (Å²) in [4.78, 5) is 4.43. The van der Waals surface area contributed by atoms with Crippen molar-refractivity contribution < 1.29 is 4.74 Å². The lowest BCUT2D eigenvalue weighted by atomic mass is 10.2. The Balaban J connectivity index is 2.00. The number of ether oxygens (including phenoxy) is 1. The van der Waals surface area contributed by atoms with E-state index in [9.17, 15) is 0 Å². The lowest BCUT2D eigenvalue weighted by molar-refractivity contribution is 0.458. The van der Waals surface area contributed by atoms with Gasteiger partial charge in [-0.25, -0.2) is 4.98 Å². The summed E-state index contributed by atoms with van der Waals surface area (Å²) in [7, 11) is 0. The van der Waals surface area contributed by atoms with Crippen LogP contribution >= 0.6 is 0 Å². The number of hydrogen-bond acceptors (Lipinski definition) is 3. The Morgan fingerprint density at radius 1 is 1.14 bits per heavy atom. The van der Waals surface area contributed by atoms with Crippen molar-refractivity contribution >= 4 is 0 Å². The Morgan fingerprint density at radius 3 is 2.48 bits per heavy atom. The molecule has 3 nitrogen and oxygen atoms in total. The maximum absolute atomic E-state index is 5.83. The molecule has 0 fully saturated rings. The van der Waals surface area contributed by atoms with Crippen LogP contribution in [0.1, 0.15) is 30.5 Å². The second-order valence-corrected chi connectivity index (χ2v) is 5.91. The van der Waals surface area contributed by atoms with Crippen molar-refractivity contribution in [2.45, 2.75) is 34.2 Å². The summed E-state index contributed by atoms with van der Waals surface area (Å²) in [6, 6.07) is 10.1. The van der Waals surface area contributed by atoms with Crippen LogP contribution in [0, 0.1) is 19.8 Å². The molecular formula is C18H24N2O. The van der Waals surface area contributed by atoms with E-state index in [0.717, 1.165) is 24.4 Å². The molecule has 1 N–H and O–H groups in total. The number of aryl methyl sites for hydroxylation is 2. The fraction of sp³-hybridized carbons (Fsp3) is 0.389. The van der Waals surface area contributed by atoms with Crippen molar-refractivity contribution in [1.29, 1.82) is 0 Å². The van der Waals surface area contributed by atoms with E-state index in [-0.39, 0.29) is 0 Å². The van der Waals surface area contributed by atoms with E-state index in [2.05, 4.69) is 37.1 Å². The topological polar surface area (TPSA) is 34.1 Å². The molecule has 112 valence electrons. The van der Waals surface area contributed by atoms with Crippen LogP contribution in [0.5, 0.6) is 11.6 Å². The molecule has 0 spiro atoms. The van der Waals surface area contributed by atoms with Crippen LogP contribution in [0.15, 0.2) is 36.5 Å². The second kappa shape index (κ2) is 7.23. The number of aromatic nitrogens is 1. The van der Waals surface area contributed by atoms with E-state index in [1.165, 1.54) is 11.1 Å². The maximum atomic E-state index is 5.83. The number of nitrogens with one attached hydrogen (secondary N) is 1. The quantitative estimate of drug-likeness (QED) is 0.861. The number of benzene rings is 1. The molecule has 0 unspecified atom stereocenters. The summed E-state index contributed by atoms with van der Waals surface area (Å²) in [5.74, 6) is 2.15. The first kappa shape index (κ1) is 15.5. The average molecular weight is 284 g/mol. The van der Waals surface area contributed by atoms with Gasteiger partial charge in [-0.3, -0.25) is 0 Å². The van der Waals surface area contributed by atoms with E-state index in [1.807, 2.05) is 37.4 Å². The second-order valence-electron chi connectivity index (χ2n) is 5.91. The highest BCUT2D eigenvalue weighted by molar-refractivity contribution is 5.34. The van der Waals surface area contributed by atoms with Gasteiger partial charge in [-0.1, -0.05) is 31.5 Å². The lowest BCUT2D eigenvalue weighted by Crippen LogP contribution is -2.19. The molecule has 1 aromatic carbocycles. The van der Waals surface area contributed by atoms with Gasteiger partial charge in [0.05, 0.1) is 0 Å². The molecule has 2 aromatic rings. The Bertz CT molecular complexity index is 576. The Kier molecular flexibility index (Phi) is 5.34. The van der Waals surface area contributed by atoms with E-state index >= 15 is 0 Å². The van der Waals surface area contributed by atoms with Gasteiger partial charge in [0.1, 0.15) is 5.75 Å². The highest BCUT2D eigenvalue weighted by Crippen LogP contribution is 2.23. The molecule has 0 saturated carbocycles. The molecule has 3 heteroatoms. The van der Waals surface area contributed by atoms with E-state index in [1.54, 1.807) is 0 Å². The number of rotatable bonds is 6. The van der Waals surface area contributed by atoms with Gasteiger partial charge in [0.25, 0.3) is 0 Å². The van der Waals surface area contributed by atoms with Gasteiger partial charge in [0.15, 0.2) is 0 Å². The molecule has 1 aromatic heterocycles. The van der Waals surface area contributed by atoms with Crippen LogP contribution < -0.4 is 10.1 Å². The van der Waals surface area contributed by atoms with Crippen molar-refractivity contribution in [2.75, 3.05) is 6.54 Å². The largest absolute Gasteiger partial charge is 0.439 e. The summed E-state index contributed by atoms with van der Waals surface area (Å²) in [5, 5.41) is 3.42. The van der Waals surface area contributed by atoms with Crippen LogP contribution in [-0.4, -0.2) is 11.5 Å². The number of pyridine rings is 1. The van der Waals surface area contributed by atoms with Gasteiger partial charge >= 0.3 is 0 Å². The van der Waals surface area contributed by atoms with Crippen molar-refractivity contribution in [3.05, 3.63) is 53.2 Å². The Hall–Kier alpha value is -1.87. The predicted molar refractivity (Wildman–Crippen MR) is 86.8 cm³/mol. The fourth-order valence-corrected chi connectivity index (χ4v) is 2.05. The van der Waals surface area contributed by atoms with Crippen LogP contribution in [0.3, 0.4) is 0 Å². The third kappa shape index (κ3) is 4.87. The molecular weight excluding hydrogens is 260 g/mol. The highest BCUT2D eigenvalue weighted by atomic mass is 16.5. The Labute approximate surface area is 127 Å². The zero-order valence-corrected chi connectivity index (χ0v) is 13.3. The molecule has 21 heavy (non-hydrogen) atoms. The lowest BCUT2D eigenvalue weighted by Gasteiger charge is -2.11. The summed E-state index contributed by atoms with van der Waals surface area (Å²) in [6.07, 6.45) is 1.88. The van der Waals surface area contributed by atoms with E-state index in [0.29, 0.717) is 11.8 Å². The summed E-state index contributed by atoms with van der Waals surface area (Å²) in [6.45, 7) is 10.4. The van der Waals surface area contributed by atoms with Crippen LogP contribution in [-0.2, 0) is 6.54 Å². The molecule has 0 aliphatic carbocycles. The first-order valence-corrected chi connectivity index (χ1v) is 7.45. The molecule has 1 heterocycles. The van der Waals surface area contributed by atoms with Crippen molar-refractivity contribution in [3.8, 4) is 11.6 Å². The average Bonchev–Trinajstić information content (AvgIpc) is 2.44. The van der Waals surface area contributed by atoms with Crippen molar-refractivity contribution in [3.63, 3.8) is 0 Å². The standard InChI is InChI=1S/C18H24N2O/c1-13(2)10-19-11-16-9-15(4)18(20-12-16)21-17-7-5-14(3)6-8-17/h5-9,12-13,19H,10-11H2,1-4H3. The normalized spacial score (nSPS) is 10.9. The highest BCUT2D eigenvalue weighted by Gasteiger charge is 2.05. The van der Waals surface area contributed by atoms with Crippen LogP contribution in [0.2, 0.25) is 0 Å². The monoisotopic (exact) mass is 284 g/mol. The zero-order valence-electron chi connectivity index (χ0n) is 13.3. The molecule has 0 bridgehead atoms. The van der Waals surface area contributed by atoms with E-state index in [4.69, 9.17) is 4.74 Å². The smallest absolute Gasteiger partial charge is 0.222 e. The number of nitrogens with zero attached hydrogens (tertiary/aromatic N) is 1. The molecule has 0 aliphatic rings. The summed E-state index contributed by atoms with van der Waals surface area (Å²) >= 11 is 0. The SMILES string of the molecule is Cc1ccc(Oc2ncc(CNCC(C)C)cc2C)cc1. The van der Waals surface area contributed by atoms with Gasteiger partial charge in [-0.15, -0.1) is 0 Å². The molecule has 0 radical (unpaired) electrons. The molecule has 0 saturated heterocycles. The van der Waals surface area contributed by atoms with Crippen molar-refractivity contribution in [1.82, 2.24) is 10.3 Å².